The number of nitrogens with two attached hydrogens (primary N) is 1. The van der Waals surface area contributed by atoms with Crippen LogP contribution in [-0.2, 0) is 16.0 Å². The van der Waals surface area contributed by atoms with Crippen molar-refractivity contribution in [3.05, 3.63) is 35.9 Å². The van der Waals surface area contributed by atoms with Crippen molar-refractivity contribution in [3.8, 4) is 0 Å². The Labute approximate surface area is 149 Å². The van der Waals surface area contributed by atoms with E-state index in [2.05, 4.69) is 5.32 Å². The van der Waals surface area contributed by atoms with Gasteiger partial charge in [0.1, 0.15) is 12.1 Å². The van der Waals surface area contributed by atoms with Crippen molar-refractivity contribution in [1.29, 1.82) is 0 Å². The lowest BCUT2D eigenvalue weighted by Crippen LogP contribution is -2.55. The number of aliphatic hydroxyl groups is 1. The predicted octanol–water partition coefficient (Wildman–Crippen LogP) is 0.823. The number of nitrogens with one attached hydrogen (secondary N) is 1. The molecule has 4 N–H and O–H groups in total. The third-order valence-electron chi connectivity index (χ3n) is 4.31. The average molecular weight is 347 g/mol. The van der Waals surface area contributed by atoms with Crippen LogP contribution in [0.3, 0.4) is 0 Å². The monoisotopic (exact) mass is 347 g/mol. The van der Waals surface area contributed by atoms with Crippen LogP contribution in [0.25, 0.3) is 0 Å². The Morgan fingerprint density at radius 1 is 1.32 bits per heavy atom. The number of amides is 2. The zero-order chi connectivity index (χ0) is 18.6. The number of benzene rings is 1. The second kappa shape index (κ2) is 7.97. The maximum absolute atomic E-state index is 12.7. The molecule has 138 valence electrons. The minimum absolute atomic E-state index is 0.179. The van der Waals surface area contributed by atoms with E-state index in [9.17, 15) is 14.7 Å². The summed E-state index contributed by atoms with van der Waals surface area (Å²) >= 11 is 0. The number of nitrogens with zero attached hydrogens (tertiary/aromatic N) is 1. The quantitative estimate of drug-likeness (QED) is 0.735. The number of carbonyl (C=O) groups is 2. The Balaban J connectivity index is 2.01. The van der Waals surface area contributed by atoms with E-state index < -0.39 is 24.1 Å². The van der Waals surface area contributed by atoms with Gasteiger partial charge in [-0.3, -0.25) is 9.59 Å². The molecule has 1 fully saturated rings. The van der Waals surface area contributed by atoms with Crippen LogP contribution in [0.4, 0.5) is 0 Å². The summed E-state index contributed by atoms with van der Waals surface area (Å²) < 4.78 is 0. The van der Waals surface area contributed by atoms with Crippen molar-refractivity contribution in [2.24, 2.45) is 5.73 Å². The van der Waals surface area contributed by atoms with Gasteiger partial charge >= 0.3 is 0 Å². The van der Waals surface area contributed by atoms with Crippen LogP contribution in [0, 0.1) is 0 Å². The number of hydrogen-bond acceptors (Lipinski definition) is 4. The van der Waals surface area contributed by atoms with Gasteiger partial charge in [-0.05, 0) is 45.6 Å². The maximum atomic E-state index is 12.7. The molecule has 2 amide bonds. The molecule has 25 heavy (non-hydrogen) atoms. The minimum atomic E-state index is -1.32. The second-order valence-electron chi connectivity index (χ2n) is 7.73. The van der Waals surface area contributed by atoms with Crippen molar-refractivity contribution < 1.29 is 14.7 Å². The first-order valence-electron chi connectivity index (χ1n) is 8.79. The van der Waals surface area contributed by atoms with Crippen LogP contribution >= 0.6 is 0 Å². The average Bonchev–Trinajstić information content (AvgIpc) is 3.02. The lowest BCUT2D eigenvalue weighted by atomic mass is 10.0. The van der Waals surface area contributed by atoms with E-state index in [1.54, 1.807) is 0 Å². The molecule has 0 saturated carbocycles. The molecule has 3 atom stereocenters. The first-order chi connectivity index (χ1) is 11.7. The van der Waals surface area contributed by atoms with Gasteiger partial charge in [0.05, 0.1) is 0 Å². The molecule has 0 bridgehead atoms. The Bertz CT molecular complexity index is 598. The number of carbonyl (C=O) groups excluding carboxylic acids is 2. The second-order valence-corrected chi connectivity index (χ2v) is 7.73. The number of likely N-dealkylation sites (tertiary alicyclic amines) is 1. The molecule has 0 aromatic heterocycles. The normalized spacial score (nSPS) is 20.2. The summed E-state index contributed by atoms with van der Waals surface area (Å²) in [5, 5.41) is 13.3. The number of hydrogen-bond donors (Lipinski definition) is 3. The molecule has 1 aromatic carbocycles. The fourth-order valence-electron chi connectivity index (χ4n) is 3.11. The Kier molecular flexibility index (Phi) is 6.19. The number of aliphatic hydroxyl groups excluding tert-OH is 1. The van der Waals surface area contributed by atoms with Crippen LogP contribution in [0.2, 0.25) is 0 Å². The molecule has 2 rings (SSSR count). The molecule has 1 aromatic rings. The molecule has 6 heteroatoms. The van der Waals surface area contributed by atoms with Crippen molar-refractivity contribution in [3.63, 3.8) is 0 Å². The van der Waals surface area contributed by atoms with Crippen molar-refractivity contribution in [1.82, 2.24) is 10.2 Å². The van der Waals surface area contributed by atoms with Gasteiger partial charge in [0.15, 0.2) is 0 Å². The van der Waals surface area contributed by atoms with Crippen molar-refractivity contribution in [2.45, 2.75) is 63.8 Å². The lowest BCUT2D eigenvalue weighted by molar-refractivity contribution is -0.146. The fourth-order valence-corrected chi connectivity index (χ4v) is 3.11. The first kappa shape index (κ1) is 19.4. The molecular formula is C19H29N3O3. The van der Waals surface area contributed by atoms with Crippen LogP contribution in [0.5, 0.6) is 0 Å². The molecule has 2 unspecified atom stereocenters. The Hall–Kier alpha value is -1.92. The van der Waals surface area contributed by atoms with E-state index in [0.29, 0.717) is 19.4 Å². The highest BCUT2D eigenvalue weighted by Crippen LogP contribution is 2.20. The summed E-state index contributed by atoms with van der Waals surface area (Å²) in [6, 6.07) is 8.26. The topological polar surface area (TPSA) is 95.7 Å². The summed E-state index contributed by atoms with van der Waals surface area (Å²) in [5.41, 5.74) is 6.64. The molecule has 1 heterocycles. The highest BCUT2D eigenvalue weighted by atomic mass is 16.3. The molecule has 0 spiro atoms. The van der Waals surface area contributed by atoms with Gasteiger partial charge in [0.2, 0.25) is 5.91 Å². The minimum Gasteiger partial charge on any atom is -0.382 e. The Morgan fingerprint density at radius 2 is 1.96 bits per heavy atom. The van der Waals surface area contributed by atoms with E-state index in [4.69, 9.17) is 5.73 Å². The molecule has 0 radical (unpaired) electrons. The van der Waals surface area contributed by atoms with Gasteiger partial charge < -0.3 is 21.1 Å². The smallest absolute Gasteiger partial charge is 0.253 e. The maximum Gasteiger partial charge on any atom is 0.253 e. The molecule has 1 aliphatic heterocycles. The molecule has 6 nitrogen and oxygen atoms in total. The fraction of sp³-hybridized carbons (Fsp3) is 0.579. The molecule has 0 aliphatic carbocycles. The van der Waals surface area contributed by atoms with E-state index in [1.165, 1.54) is 4.90 Å². The van der Waals surface area contributed by atoms with Crippen LogP contribution < -0.4 is 11.1 Å². The standard InChI is InChI=1S/C19H29N3O3/c1-19(2,3)21-17(24)15-10-7-11-22(15)18(25)16(23)14(20)12-13-8-5-4-6-9-13/h4-6,8-9,14-16,23H,7,10-12,20H2,1-3H3,(H,21,24)/t14?,15-,16?/m0/s1. The zero-order valence-corrected chi connectivity index (χ0v) is 15.2. The van der Waals surface area contributed by atoms with Gasteiger partial charge in [0.25, 0.3) is 5.91 Å². The van der Waals surface area contributed by atoms with Gasteiger partial charge in [0, 0.05) is 18.1 Å². The van der Waals surface area contributed by atoms with Crippen molar-refractivity contribution >= 4 is 11.8 Å². The van der Waals surface area contributed by atoms with Crippen molar-refractivity contribution in [2.75, 3.05) is 6.54 Å². The van der Waals surface area contributed by atoms with Crippen LogP contribution in [-0.4, -0.2) is 52.1 Å². The van der Waals surface area contributed by atoms with Crippen LogP contribution in [0.15, 0.2) is 30.3 Å². The third kappa shape index (κ3) is 5.28. The largest absolute Gasteiger partial charge is 0.382 e. The molecule has 1 aliphatic rings. The van der Waals surface area contributed by atoms with E-state index >= 15 is 0 Å². The Morgan fingerprint density at radius 3 is 2.56 bits per heavy atom. The first-order valence-corrected chi connectivity index (χ1v) is 8.79. The van der Waals surface area contributed by atoms with Gasteiger partial charge in [-0.25, -0.2) is 0 Å². The lowest BCUT2D eigenvalue weighted by Gasteiger charge is -2.30. The van der Waals surface area contributed by atoms with Crippen LogP contribution in [0.1, 0.15) is 39.2 Å². The van der Waals surface area contributed by atoms with E-state index in [1.807, 2.05) is 51.1 Å². The van der Waals surface area contributed by atoms with Gasteiger partial charge in [-0.2, -0.15) is 0 Å². The van der Waals surface area contributed by atoms with E-state index in [-0.39, 0.29) is 11.4 Å². The molecular weight excluding hydrogens is 318 g/mol. The zero-order valence-electron chi connectivity index (χ0n) is 15.2. The SMILES string of the molecule is CC(C)(C)NC(=O)[C@@H]1CCCN1C(=O)C(O)C(N)Cc1ccccc1. The summed E-state index contributed by atoms with van der Waals surface area (Å²) in [7, 11) is 0. The summed E-state index contributed by atoms with van der Waals surface area (Å²) in [6.45, 7) is 6.17. The number of rotatable bonds is 5. The highest BCUT2D eigenvalue weighted by Gasteiger charge is 2.39. The van der Waals surface area contributed by atoms with Gasteiger partial charge in [-0.1, -0.05) is 30.3 Å². The predicted molar refractivity (Wildman–Crippen MR) is 96.8 cm³/mol. The third-order valence-corrected chi connectivity index (χ3v) is 4.31. The summed E-state index contributed by atoms with van der Waals surface area (Å²) in [4.78, 5) is 26.6. The highest BCUT2D eigenvalue weighted by molar-refractivity contribution is 5.90. The van der Waals surface area contributed by atoms with Gasteiger partial charge in [-0.15, -0.1) is 0 Å². The summed E-state index contributed by atoms with van der Waals surface area (Å²) in [6.07, 6.45) is 0.437. The molecule has 1 saturated heterocycles. The summed E-state index contributed by atoms with van der Waals surface area (Å²) in [5.74, 6) is -0.642. The van der Waals surface area contributed by atoms with E-state index in [0.717, 1.165) is 12.0 Å².